The lowest BCUT2D eigenvalue weighted by molar-refractivity contribution is -0.113. The number of nitrogens with one attached hydrogen (secondary N) is 1. The molecule has 2 heterocycles. The quantitative estimate of drug-likeness (QED) is 0.311. The Morgan fingerprint density at radius 2 is 2.00 bits per heavy atom. The van der Waals surface area contributed by atoms with Gasteiger partial charge in [-0.3, -0.25) is 14.2 Å². The lowest BCUT2D eigenvalue weighted by Crippen LogP contribution is -2.25. The summed E-state index contributed by atoms with van der Waals surface area (Å²) in [4.78, 5) is 31.3. The largest absolute Gasteiger partial charge is 0.325 e. The lowest BCUT2D eigenvalue weighted by Gasteiger charge is -2.13. The van der Waals surface area contributed by atoms with E-state index >= 15 is 0 Å². The van der Waals surface area contributed by atoms with E-state index in [9.17, 15) is 9.59 Å². The van der Waals surface area contributed by atoms with Crippen molar-refractivity contribution < 1.29 is 4.79 Å². The third-order valence-electron chi connectivity index (χ3n) is 4.43. The number of benzene rings is 2. The van der Waals surface area contributed by atoms with Gasteiger partial charge in [-0.1, -0.05) is 47.6 Å². The summed E-state index contributed by atoms with van der Waals surface area (Å²) in [6, 6.07) is 18.3. The number of carbonyl (C=O) groups excluding carboxylic acids is 1. The molecule has 0 saturated carbocycles. The summed E-state index contributed by atoms with van der Waals surface area (Å²) >= 11 is 8.88. The van der Waals surface area contributed by atoms with Crippen molar-refractivity contribution in [2.24, 2.45) is 0 Å². The Balaban J connectivity index is 1.55. The number of aromatic nitrogens is 2. The maximum absolute atomic E-state index is 13.1. The van der Waals surface area contributed by atoms with Gasteiger partial charge in [-0.2, -0.15) is 0 Å². The Morgan fingerprint density at radius 1 is 1.13 bits per heavy atom. The maximum Gasteiger partial charge on any atom is 0.262 e. The van der Waals surface area contributed by atoms with Crippen LogP contribution in [0.2, 0.25) is 5.02 Å². The number of nitrogens with zero attached hydrogens (tertiary/aromatic N) is 2. The predicted octanol–water partition coefficient (Wildman–Crippen LogP) is 5.08. The molecule has 0 spiro atoms. The van der Waals surface area contributed by atoms with Crippen LogP contribution in [0.25, 0.3) is 10.9 Å². The fraction of sp³-hybridized carbons (Fsp3) is 0.136. The first kappa shape index (κ1) is 20.7. The second-order valence-corrected chi connectivity index (χ2v) is 8.96. The van der Waals surface area contributed by atoms with Gasteiger partial charge in [0.25, 0.3) is 5.56 Å². The fourth-order valence-electron chi connectivity index (χ4n) is 3.03. The van der Waals surface area contributed by atoms with Gasteiger partial charge < -0.3 is 5.32 Å². The summed E-state index contributed by atoms with van der Waals surface area (Å²) in [7, 11) is 0. The Bertz CT molecular complexity index is 1240. The third-order valence-corrected chi connectivity index (χ3v) is 6.58. The van der Waals surface area contributed by atoms with E-state index < -0.39 is 0 Å². The number of thiophene rings is 1. The van der Waals surface area contributed by atoms with Crippen molar-refractivity contribution in [1.82, 2.24) is 9.55 Å². The maximum atomic E-state index is 13.1. The van der Waals surface area contributed by atoms with Crippen molar-refractivity contribution in [3.05, 3.63) is 86.3 Å². The molecule has 0 saturated heterocycles. The number of carbonyl (C=O) groups is 1. The van der Waals surface area contributed by atoms with Gasteiger partial charge in [0, 0.05) is 22.1 Å². The van der Waals surface area contributed by atoms with Gasteiger partial charge in [0.2, 0.25) is 5.91 Å². The molecule has 0 atom stereocenters. The molecule has 5 nitrogen and oxygen atoms in total. The first-order valence-electron chi connectivity index (χ1n) is 9.30. The minimum Gasteiger partial charge on any atom is -0.325 e. The van der Waals surface area contributed by atoms with E-state index in [1.807, 2.05) is 29.6 Å². The highest BCUT2D eigenvalue weighted by Gasteiger charge is 2.14. The molecule has 0 aliphatic carbocycles. The Labute approximate surface area is 186 Å². The molecule has 0 unspecified atom stereocenters. The Hall–Kier alpha value is -2.61. The van der Waals surface area contributed by atoms with Gasteiger partial charge >= 0.3 is 0 Å². The number of halogens is 1. The number of rotatable bonds is 7. The van der Waals surface area contributed by atoms with Crippen molar-refractivity contribution in [2.45, 2.75) is 18.1 Å². The van der Waals surface area contributed by atoms with E-state index in [4.69, 9.17) is 11.6 Å². The Morgan fingerprint density at radius 3 is 2.80 bits per heavy atom. The normalized spacial score (nSPS) is 11.0. The van der Waals surface area contributed by atoms with Gasteiger partial charge in [0.05, 0.1) is 16.7 Å². The topological polar surface area (TPSA) is 64.0 Å². The number of fused-ring (bicyclic) bond motifs is 1. The van der Waals surface area contributed by atoms with Gasteiger partial charge in [-0.05, 0) is 48.2 Å². The van der Waals surface area contributed by atoms with Crippen molar-refractivity contribution in [1.29, 1.82) is 0 Å². The van der Waals surface area contributed by atoms with Crippen LogP contribution in [0, 0.1) is 0 Å². The van der Waals surface area contributed by atoms with Crippen LogP contribution in [-0.2, 0) is 17.8 Å². The van der Waals surface area contributed by atoms with Crippen LogP contribution in [0.4, 0.5) is 5.69 Å². The van der Waals surface area contributed by atoms with Crippen LogP contribution in [-0.4, -0.2) is 21.2 Å². The summed E-state index contributed by atoms with van der Waals surface area (Å²) in [5.74, 6) is -0.0505. The molecule has 4 aromatic rings. The highest BCUT2D eigenvalue weighted by Crippen LogP contribution is 2.20. The SMILES string of the molecule is O=C(CSc1nc2ccccc2c(=O)n1CCc1cccs1)Nc1cccc(Cl)c1. The molecular weight excluding hydrogens is 438 g/mol. The number of para-hydroxylation sites is 1. The average molecular weight is 456 g/mol. The first-order chi connectivity index (χ1) is 14.6. The molecule has 2 aromatic heterocycles. The zero-order valence-corrected chi connectivity index (χ0v) is 18.3. The number of amides is 1. The van der Waals surface area contributed by atoms with E-state index in [2.05, 4.69) is 16.4 Å². The van der Waals surface area contributed by atoms with Gasteiger partial charge in [-0.25, -0.2) is 4.98 Å². The smallest absolute Gasteiger partial charge is 0.262 e. The summed E-state index contributed by atoms with van der Waals surface area (Å²) in [5, 5.41) is 6.51. The standard InChI is InChI=1S/C22H18ClN3O2S2/c23-15-5-3-6-16(13-15)24-20(27)14-30-22-25-19-9-2-1-8-18(19)21(28)26(22)11-10-17-7-4-12-29-17/h1-9,12-13H,10-11,14H2,(H,24,27). The van der Waals surface area contributed by atoms with Crippen molar-refractivity contribution in [3.8, 4) is 0 Å². The molecule has 0 aliphatic heterocycles. The van der Waals surface area contributed by atoms with Crippen LogP contribution in [0.1, 0.15) is 4.88 Å². The Kier molecular flexibility index (Phi) is 6.52. The second-order valence-electron chi connectivity index (χ2n) is 6.54. The molecule has 0 fully saturated rings. The summed E-state index contributed by atoms with van der Waals surface area (Å²) < 4.78 is 1.67. The molecular formula is C22H18ClN3O2S2. The van der Waals surface area contributed by atoms with Crippen molar-refractivity contribution in [2.75, 3.05) is 11.1 Å². The molecule has 0 bridgehead atoms. The molecule has 1 N–H and O–H groups in total. The number of anilines is 1. The molecule has 0 radical (unpaired) electrons. The first-order valence-corrected chi connectivity index (χ1v) is 11.5. The zero-order chi connectivity index (χ0) is 20.9. The van der Waals surface area contributed by atoms with Crippen molar-refractivity contribution >= 4 is 57.2 Å². The highest BCUT2D eigenvalue weighted by atomic mass is 35.5. The number of thioether (sulfide) groups is 1. The van der Waals surface area contributed by atoms with Crippen LogP contribution in [0.3, 0.4) is 0 Å². The minimum atomic E-state index is -0.186. The highest BCUT2D eigenvalue weighted by molar-refractivity contribution is 7.99. The zero-order valence-electron chi connectivity index (χ0n) is 15.9. The van der Waals surface area contributed by atoms with Crippen molar-refractivity contribution in [3.63, 3.8) is 0 Å². The summed E-state index contributed by atoms with van der Waals surface area (Å²) in [6.07, 6.45) is 0.736. The molecule has 1 amide bonds. The molecule has 8 heteroatoms. The van der Waals surface area contributed by atoms with Crippen LogP contribution < -0.4 is 10.9 Å². The van der Waals surface area contributed by atoms with Crippen LogP contribution in [0.15, 0.2) is 76.0 Å². The molecule has 30 heavy (non-hydrogen) atoms. The number of hydrogen-bond donors (Lipinski definition) is 1. The number of aryl methyl sites for hydroxylation is 1. The van der Waals surface area contributed by atoms with E-state index in [0.717, 1.165) is 6.42 Å². The lowest BCUT2D eigenvalue weighted by atomic mass is 10.2. The molecule has 4 rings (SSSR count). The molecule has 152 valence electrons. The van der Waals surface area contributed by atoms with E-state index in [1.165, 1.54) is 16.6 Å². The monoisotopic (exact) mass is 455 g/mol. The second kappa shape index (κ2) is 9.47. The van der Waals surface area contributed by atoms with E-state index in [0.29, 0.717) is 33.3 Å². The predicted molar refractivity (Wildman–Crippen MR) is 125 cm³/mol. The summed E-state index contributed by atoms with van der Waals surface area (Å²) in [5.41, 5.74) is 1.18. The average Bonchev–Trinajstić information content (AvgIpc) is 3.25. The van der Waals surface area contributed by atoms with Gasteiger partial charge in [0.15, 0.2) is 5.16 Å². The minimum absolute atomic E-state index is 0.0881. The summed E-state index contributed by atoms with van der Waals surface area (Å²) in [6.45, 7) is 0.509. The third kappa shape index (κ3) is 4.92. The van der Waals surface area contributed by atoms with Crippen LogP contribution in [0.5, 0.6) is 0 Å². The molecule has 2 aromatic carbocycles. The van der Waals surface area contributed by atoms with E-state index in [-0.39, 0.29) is 17.2 Å². The number of hydrogen-bond acceptors (Lipinski definition) is 5. The van der Waals surface area contributed by atoms with Gasteiger partial charge in [0.1, 0.15) is 0 Å². The van der Waals surface area contributed by atoms with Crippen LogP contribution >= 0.6 is 34.7 Å². The van der Waals surface area contributed by atoms with Gasteiger partial charge in [-0.15, -0.1) is 11.3 Å². The fourth-order valence-corrected chi connectivity index (χ4v) is 4.74. The molecule has 0 aliphatic rings. The van der Waals surface area contributed by atoms with E-state index in [1.54, 1.807) is 46.2 Å².